The molecule has 0 bridgehead atoms. The molecule has 0 saturated heterocycles. The molecule has 0 fully saturated rings. The predicted molar refractivity (Wildman–Crippen MR) is 48.8 cm³/mol. The molecule has 0 aliphatic carbocycles. The van der Waals surface area contributed by atoms with Crippen LogP contribution in [0, 0.1) is 0 Å². The fourth-order valence-corrected chi connectivity index (χ4v) is 0.790. The summed E-state index contributed by atoms with van der Waals surface area (Å²) in [5.74, 6) is -0.0461. The lowest BCUT2D eigenvalue weighted by atomic mass is 10.3. The van der Waals surface area contributed by atoms with Crippen LogP contribution in [0.25, 0.3) is 0 Å². The molecular weight excluding hydrogens is 156 g/mol. The quantitative estimate of drug-likeness (QED) is 0.347. The van der Waals surface area contributed by atoms with Gasteiger partial charge in [-0.2, -0.15) is 0 Å². The van der Waals surface area contributed by atoms with Gasteiger partial charge < -0.3 is 21.7 Å². The summed E-state index contributed by atoms with van der Waals surface area (Å²) in [5.41, 5.74) is 5.35. The smallest absolute Gasteiger partial charge is 0.238 e. The summed E-state index contributed by atoms with van der Waals surface area (Å²) in [6, 6.07) is -0.276. The summed E-state index contributed by atoms with van der Waals surface area (Å²) in [6.45, 7) is 1.72. The summed E-state index contributed by atoms with van der Waals surface area (Å²) >= 11 is 0. The molecule has 0 rings (SSSR count). The van der Waals surface area contributed by atoms with Gasteiger partial charge >= 0.3 is 0 Å². The van der Waals surface area contributed by atoms with Crippen molar-refractivity contribution in [3.63, 3.8) is 0 Å². The Hall–Kier alpha value is -0.650. The second kappa shape index (κ2) is 7.02. The zero-order chi connectivity index (χ0) is 9.40. The second-order valence-electron chi connectivity index (χ2n) is 2.47. The van der Waals surface area contributed by atoms with Gasteiger partial charge in [-0.05, 0) is 14.1 Å². The Morgan fingerprint density at radius 2 is 2.08 bits per heavy atom. The van der Waals surface area contributed by atoms with Crippen LogP contribution in [-0.2, 0) is 4.79 Å². The summed E-state index contributed by atoms with van der Waals surface area (Å²) in [6.07, 6.45) is 0. The van der Waals surface area contributed by atoms with Crippen LogP contribution < -0.4 is 21.7 Å². The van der Waals surface area contributed by atoms with E-state index in [-0.39, 0.29) is 11.9 Å². The summed E-state index contributed by atoms with van der Waals surface area (Å²) < 4.78 is 0. The Morgan fingerprint density at radius 1 is 1.42 bits per heavy atom. The van der Waals surface area contributed by atoms with E-state index < -0.39 is 0 Å². The number of carbonyl (C=O) groups excluding carboxylic acids is 1. The van der Waals surface area contributed by atoms with Crippen LogP contribution in [0.15, 0.2) is 0 Å². The van der Waals surface area contributed by atoms with E-state index in [0.29, 0.717) is 13.1 Å². The van der Waals surface area contributed by atoms with Crippen molar-refractivity contribution in [1.82, 2.24) is 16.0 Å². The summed E-state index contributed by atoms with van der Waals surface area (Å²) in [7, 11) is 3.56. The molecule has 0 aromatic carbocycles. The SMILES string of the molecule is CNCCNC(=O)[C@H](CN)NC. The van der Waals surface area contributed by atoms with Crippen LogP contribution in [0.1, 0.15) is 0 Å². The number of rotatable bonds is 6. The topological polar surface area (TPSA) is 79.2 Å². The Kier molecular flexibility index (Phi) is 6.64. The van der Waals surface area contributed by atoms with E-state index in [1.807, 2.05) is 7.05 Å². The molecule has 0 aromatic heterocycles. The van der Waals surface area contributed by atoms with E-state index in [1.54, 1.807) is 7.05 Å². The maximum atomic E-state index is 11.2. The number of amides is 1. The predicted octanol–water partition coefficient (Wildman–Crippen LogP) is -2.13. The van der Waals surface area contributed by atoms with E-state index in [9.17, 15) is 4.79 Å². The first-order valence-corrected chi connectivity index (χ1v) is 4.06. The molecule has 12 heavy (non-hydrogen) atoms. The lowest BCUT2D eigenvalue weighted by Gasteiger charge is -2.13. The third-order valence-corrected chi connectivity index (χ3v) is 1.57. The van der Waals surface area contributed by atoms with E-state index in [1.165, 1.54) is 0 Å². The molecule has 0 aliphatic heterocycles. The van der Waals surface area contributed by atoms with E-state index in [4.69, 9.17) is 5.73 Å². The second-order valence-corrected chi connectivity index (χ2v) is 2.47. The van der Waals surface area contributed by atoms with Crippen LogP contribution in [-0.4, -0.2) is 45.7 Å². The number of likely N-dealkylation sites (N-methyl/N-ethyl adjacent to an activating group) is 2. The molecule has 0 heterocycles. The van der Waals surface area contributed by atoms with Gasteiger partial charge in [0, 0.05) is 19.6 Å². The first-order chi connectivity index (χ1) is 5.76. The highest BCUT2D eigenvalue weighted by Crippen LogP contribution is 1.77. The normalized spacial score (nSPS) is 12.6. The standard InChI is InChI=1S/C7H18N4O/c1-9-3-4-11-7(12)6(5-8)10-2/h6,9-10H,3-5,8H2,1-2H3,(H,11,12)/t6-/m0/s1. The van der Waals surface area contributed by atoms with Crippen LogP contribution in [0.5, 0.6) is 0 Å². The maximum Gasteiger partial charge on any atom is 0.238 e. The average Bonchev–Trinajstić information content (AvgIpc) is 2.07. The molecule has 1 atom stereocenters. The van der Waals surface area contributed by atoms with Crippen LogP contribution in [0.4, 0.5) is 0 Å². The Bertz CT molecular complexity index is 125. The fourth-order valence-electron chi connectivity index (χ4n) is 0.790. The molecular formula is C7H18N4O. The van der Waals surface area contributed by atoms with Crippen LogP contribution in [0.3, 0.4) is 0 Å². The van der Waals surface area contributed by atoms with Gasteiger partial charge in [0.1, 0.15) is 0 Å². The lowest BCUT2D eigenvalue weighted by molar-refractivity contribution is -0.122. The molecule has 0 saturated carbocycles. The van der Waals surface area contributed by atoms with Gasteiger partial charge in [-0.15, -0.1) is 0 Å². The van der Waals surface area contributed by atoms with Gasteiger partial charge in [-0.1, -0.05) is 0 Å². The zero-order valence-electron chi connectivity index (χ0n) is 7.68. The van der Waals surface area contributed by atoms with Crippen molar-refractivity contribution in [3.8, 4) is 0 Å². The number of hydrogen-bond acceptors (Lipinski definition) is 4. The van der Waals surface area contributed by atoms with Crippen molar-refractivity contribution < 1.29 is 4.79 Å². The van der Waals surface area contributed by atoms with Crippen molar-refractivity contribution in [2.24, 2.45) is 5.73 Å². The van der Waals surface area contributed by atoms with Crippen LogP contribution in [0.2, 0.25) is 0 Å². The van der Waals surface area contributed by atoms with Crippen LogP contribution >= 0.6 is 0 Å². The summed E-state index contributed by atoms with van der Waals surface area (Å²) in [5, 5.41) is 8.49. The van der Waals surface area contributed by atoms with Crippen molar-refractivity contribution in [3.05, 3.63) is 0 Å². The molecule has 5 N–H and O–H groups in total. The molecule has 72 valence electrons. The Labute approximate surface area is 73.1 Å². The Balaban J connectivity index is 3.54. The van der Waals surface area contributed by atoms with Gasteiger partial charge in [0.15, 0.2) is 0 Å². The summed E-state index contributed by atoms with van der Waals surface area (Å²) in [4.78, 5) is 11.2. The highest BCUT2D eigenvalue weighted by Gasteiger charge is 2.12. The van der Waals surface area contributed by atoms with Gasteiger partial charge in [0.05, 0.1) is 6.04 Å². The van der Waals surface area contributed by atoms with Gasteiger partial charge in [-0.3, -0.25) is 4.79 Å². The number of nitrogens with two attached hydrogens (primary N) is 1. The molecule has 0 aliphatic rings. The van der Waals surface area contributed by atoms with Gasteiger partial charge in [0.2, 0.25) is 5.91 Å². The molecule has 0 aromatic rings. The average molecular weight is 174 g/mol. The van der Waals surface area contributed by atoms with Crippen molar-refractivity contribution in [2.75, 3.05) is 33.7 Å². The Morgan fingerprint density at radius 3 is 2.50 bits per heavy atom. The van der Waals surface area contributed by atoms with Gasteiger partial charge in [0.25, 0.3) is 0 Å². The molecule has 5 nitrogen and oxygen atoms in total. The van der Waals surface area contributed by atoms with E-state index in [0.717, 1.165) is 6.54 Å². The lowest BCUT2D eigenvalue weighted by Crippen LogP contribution is -2.48. The van der Waals surface area contributed by atoms with Gasteiger partial charge in [-0.25, -0.2) is 0 Å². The van der Waals surface area contributed by atoms with E-state index in [2.05, 4.69) is 16.0 Å². The minimum absolute atomic E-state index is 0.0461. The van der Waals surface area contributed by atoms with Crippen molar-refractivity contribution in [2.45, 2.75) is 6.04 Å². The van der Waals surface area contributed by atoms with Crippen molar-refractivity contribution >= 4 is 5.91 Å². The molecule has 0 unspecified atom stereocenters. The first-order valence-electron chi connectivity index (χ1n) is 4.06. The number of carbonyl (C=O) groups is 1. The fraction of sp³-hybridized carbons (Fsp3) is 0.857. The number of nitrogens with one attached hydrogen (secondary N) is 3. The minimum atomic E-state index is -0.276. The number of hydrogen-bond donors (Lipinski definition) is 4. The minimum Gasteiger partial charge on any atom is -0.353 e. The molecule has 0 spiro atoms. The molecule has 0 radical (unpaired) electrons. The third kappa shape index (κ3) is 4.27. The third-order valence-electron chi connectivity index (χ3n) is 1.57. The largest absolute Gasteiger partial charge is 0.353 e. The highest BCUT2D eigenvalue weighted by molar-refractivity contribution is 5.81. The maximum absolute atomic E-state index is 11.2. The zero-order valence-corrected chi connectivity index (χ0v) is 7.68. The molecule has 1 amide bonds. The van der Waals surface area contributed by atoms with E-state index >= 15 is 0 Å². The molecule has 5 heteroatoms. The first kappa shape index (κ1) is 11.4. The van der Waals surface area contributed by atoms with Crippen molar-refractivity contribution in [1.29, 1.82) is 0 Å². The monoisotopic (exact) mass is 174 g/mol. The highest BCUT2D eigenvalue weighted by atomic mass is 16.2.